The number of fused-ring (bicyclic) bond motifs is 1. The first-order chi connectivity index (χ1) is 8.74. The standard InChI is InChI=1S/C11H16N6O/c1-8-12-9(15-16-5-3-2-4-6-16)7-10-13-14-11(18)17(8)10/h7,15H,2-6H2,1H3,(H,14,18). The molecule has 7 nitrogen and oxygen atoms in total. The van der Waals surface area contributed by atoms with E-state index < -0.39 is 0 Å². The Labute approximate surface area is 104 Å². The van der Waals surface area contributed by atoms with Gasteiger partial charge in [0.1, 0.15) is 11.6 Å². The van der Waals surface area contributed by atoms with Crippen LogP contribution in [0.5, 0.6) is 0 Å². The number of piperidine rings is 1. The average Bonchev–Trinajstić information content (AvgIpc) is 2.72. The minimum absolute atomic E-state index is 0.250. The Kier molecular flexibility index (Phi) is 2.75. The van der Waals surface area contributed by atoms with Gasteiger partial charge in [-0.1, -0.05) is 6.42 Å². The molecule has 0 atom stereocenters. The fraction of sp³-hybridized carbons (Fsp3) is 0.545. The molecule has 0 aromatic carbocycles. The average molecular weight is 248 g/mol. The van der Waals surface area contributed by atoms with Gasteiger partial charge in [0.2, 0.25) is 0 Å². The summed E-state index contributed by atoms with van der Waals surface area (Å²) in [4.78, 5) is 15.9. The predicted molar refractivity (Wildman–Crippen MR) is 67.4 cm³/mol. The second-order valence-corrected chi connectivity index (χ2v) is 4.57. The number of aromatic nitrogens is 4. The lowest BCUT2D eigenvalue weighted by Crippen LogP contribution is -2.35. The first-order valence-corrected chi connectivity index (χ1v) is 6.20. The normalized spacial score (nSPS) is 17.2. The quantitative estimate of drug-likeness (QED) is 0.811. The summed E-state index contributed by atoms with van der Waals surface area (Å²) in [6.07, 6.45) is 3.70. The Bertz CT molecular complexity index is 610. The van der Waals surface area contributed by atoms with Crippen LogP contribution >= 0.6 is 0 Å². The van der Waals surface area contributed by atoms with E-state index in [9.17, 15) is 4.79 Å². The van der Waals surface area contributed by atoms with Crippen molar-refractivity contribution in [3.63, 3.8) is 0 Å². The lowest BCUT2D eigenvalue weighted by atomic mass is 10.2. The Morgan fingerprint density at radius 2 is 2.11 bits per heavy atom. The maximum atomic E-state index is 11.5. The van der Waals surface area contributed by atoms with Crippen molar-refractivity contribution in [1.82, 2.24) is 24.6 Å². The van der Waals surface area contributed by atoms with Crippen molar-refractivity contribution >= 4 is 11.5 Å². The van der Waals surface area contributed by atoms with Gasteiger partial charge >= 0.3 is 5.69 Å². The summed E-state index contributed by atoms with van der Waals surface area (Å²) in [5, 5.41) is 8.54. The molecule has 2 aromatic heterocycles. The molecule has 18 heavy (non-hydrogen) atoms. The van der Waals surface area contributed by atoms with E-state index in [0.717, 1.165) is 18.9 Å². The van der Waals surface area contributed by atoms with Crippen molar-refractivity contribution in [3.8, 4) is 0 Å². The number of anilines is 1. The van der Waals surface area contributed by atoms with Gasteiger partial charge in [0.05, 0.1) is 0 Å². The third-order valence-corrected chi connectivity index (χ3v) is 3.20. The van der Waals surface area contributed by atoms with Crippen LogP contribution in [0, 0.1) is 6.92 Å². The maximum Gasteiger partial charge on any atom is 0.349 e. The first kappa shape index (κ1) is 11.2. The number of nitrogens with zero attached hydrogens (tertiary/aromatic N) is 4. The van der Waals surface area contributed by atoms with Crippen LogP contribution < -0.4 is 11.1 Å². The topological polar surface area (TPSA) is 78.3 Å². The highest BCUT2D eigenvalue weighted by Crippen LogP contribution is 2.13. The van der Waals surface area contributed by atoms with E-state index in [1.165, 1.54) is 23.7 Å². The van der Waals surface area contributed by atoms with Crippen LogP contribution in [0.1, 0.15) is 25.1 Å². The minimum atomic E-state index is -0.250. The molecule has 0 amide bonds. The van der Waals surface area contributed by atoms with E-state index >= 15 is 0 Å². The lowest BCUT2D eigenvalue weighted by molar-refractivity contribution is 0.272. The molecule has 2 aromatic rings. The monoisotopic (exact) mass is 248 g/mol. The Morgan fingerprint density at radius 1 is 1.33 bits per heavy atom. The molecule has 0 unspecified atom stereocenters. The Morgan fingerprint density at radius 3 is 2.89 bits per heavy atom. The number of aromatic amines is 1. The van der Waals surface area contributed by atoms with E-state index in [0.29, 0.717) is 11.5 Å². The first-order valence-electron chi connectivity index (χ1n) is 6.20. The van der Waals surface area contributed by atoms with Crippen LogP contribution in [0.25, 0.3) is 5.65 Å². The summed E-state index contributed by atoms with van der Waals surface area (Å²) < 4.78 is 1.46. The van der Waals surface area contributed by atoms with Gasteiger partial charge in [-0.25, -0.2) is 24.3 Å². The molecular formula is C11H16N6O. The third kappa shape index (κ3) is 1.97. The van der Waals surface area contributed by atoms with Crippen molar-refractivity contribution in [3.05, 3.63) is 22.4 Å². The number of hydrazine groups is 1. The van der Waals surface area contributed by atoms with Crippen molar-refractivity contribution in [2.24, 2.45) is 0 Å². The van der Waals surface area contributed by atoms with Crippen LogP contribution in [0.15, 0.2) is 10.9 Å². The molecule has 7 heteroatoms. The van der Waals surface area contributed by atoms with Crippen molar-refractivity contribution in [1.29, 1.82) is 0 Å². The van der Waals surface area contributed by atoms with Crippen LogP contribution in [0.2, 0.25) is 0 Å². The molecule has 1 aliphatic rings. The summed E-state index contributed by atoms with van der Waals surface area (Å²) in [7, 11) is 0. The van der Waals surface area contributed by atoms with Gasteiger partial charge in [-0.3, -0.25) is 0 Å². The highest BCUT2D eigenvalue weighted by Gasteiger charge is 2.12. The summed E-state index contributed by atoms with van der Waals surface area (Å²) >= 11 is 0. The summed E-state index contributed by atoms with van der Waals surface area (Å²) in [6, 6.07) is 1.78. The van der Waals surface area contributed by atoms with Crippen LogP contribution in [0.4, 0.5) is 5.82 Å². The zero-order valence-electron chi connectivity index (χ0n) is 10.3. The highest BCUT2D eigenvalue weighted by molar-refractivity contribution is 5.49. The molecule has 0 saturated carbocycles. The van der Waals surface area contributed by atoms with Crippen LogP contribution in [-0.4, -0.2) is 37.7 Å². The van der Waals surface area contributed by atoms with Gasteiger partial charge in [-0.2, -0.15) is 5.10 Å². The van der Waals surface area contributed by atoms with Gasteiger partial charge in [0, 0.05) is 19.2 Å². The zero-order chi connectivity index (χ0) is 12.5. The molecule has 2 N–H and O–H groups in total. The molecule has 0 radical (unpaired) electrons. The van der Waals surface area contributed by atoms with E-state index in [2.05, 4.69) is 25.6 Å². The van der Waals surface area contributed by atoms with E-state index in [1.54, 1.807) is 13.0 Å². The molecule has 1 aliphatic heterocycles. The van der Waals surface area contributed by atoms with Gasteiger partial charge in [-0.15, -0.1) is 0 Å². The minimum Gasteiger partial charge on any atom is -0.303 e. The van der Waals surface area contributed by atoms with Crippen molar-refractivity contribution < 1.29 is 0 Å². The SMILES string of the molecule is Cc1nc(NN2CCCCC2)cc2n[nH]c(=O)n12. The van der Waals surface area contributed by atoms with Crippen LogP contribution in [-0.2, 0) is 0 Å². The molecular weight excluding hydrogens is 232 g/mol. The summed E-state index contributed by atoms with van der Waals surface area (Å²) in [6.45, 7) is 3.85. The number of hydrogen-bond donors (Lipinski definition) is 2. The van der Waals surface area contributed by atoms with E-state index in [-0.39, 0.29) is 5.69 Å². The number of rotatable bonds is 2. The number of nitrogens with one attached hydrogen (secondary N) is 2. The second-order valence-electron chi connectivity index (χ2n) is 4.57. The van der Waals surface area contributed by atoms with Crippen molar-refractivity contribution in [2.45, 2.75) is 26.2 Å². The number of H-pyrrole nitrogens is 1. The van der Waals surface area contributed by atoms with Crippen LogP contribution in [0.3, 0.4) is 0 Å². The van der Waals surface area contributed by atoms with Gasteiger partial charge in [-0.05, 0) is 19.8 Å². The highest BCUT2D eigenvalue weighted by atomic mass is 16.1. The fourth-order valence-corrected chi connectivity index (χ4v) is 2.32. The van der Waals surface area contributed by atoms with Crippen molar-refractivity contribution in [2.75, 3.05) is 18.5 Å². The van der Waals surface area contributed by atoms with Gasteiger partial charge in [0.25, 0.3) is 0 Å². The lowest BCUT2D eigenvalue weighted by Gasteiger charge is -2.27. The third-order valence-electron chi connectivity index (χ3n) is 3.20. The van der Waals surface area contributed by atoms with Gasteiger partial charge in [0.15, 0.2) is 5.65 Å². The molecule has 1 fully saturated rings. The second kappa shape index (κ2) is 4.41. The van der Waals surface area contributed by atoms with E-state index in [4.69, 9.17) is 0 Å². The maximum absolute atomic E-state index is 11.5. The van der Waals surface area contributed by atoms with Gasteiger partial charge < -0.3 is 5.43 Å². The smallest absolute Gasteiger partial charge is 0.303 e. The summed E-state index contributed by atoms with van der Waals surface area (Å²) in [5.41, 5.74) is 3.62. The summed E-state index contributed by atoms with van der Waals surface area (Å²) in [5.74, 6) is 1.37. The number of aryl methyl sites for hydroxylation is 1. The molecule has 3 heterocycles. The Hall–Kier alpha value is -1.89. The molecule has 0 aliphatic carbocycles. The predicted octanol–water partition coefficient (Wildman–Crippen LogP) is 0.539. The largest absolute Gasteiger partial charge is 0.349 e. The fourth-order valence-electron chi connectivity index (χ4n) is 2.32. The van der Waals surface area contributed by atoms with E-state index in [1.807, 2.05) is 0 Å². The molecule has 1 saturated heterocycles. The zero-order valence-corrected chi connectivity index (χ0v) is 10.3. The number of hydrogen-bond acceptors (Lipinski definition) is 5. The molecule has 96 valence electrons. The molecule has 3 rings (SSSR count). The Balaban J connectivity index is 1.90. The molecule has 0 spiro atoms. The molecule has 0 bridgehead atoms.